The van der Waals surface area contributed by atoms with E-state index in [-0.39, 0.29) is 5.78 Å². The second-order valence-corrected chi connectivity index (χ2v) is 9.30. The van der Waals surface area contributed by atoms with Crippen molar-refractivity contribution in [1.82, 2.24) is 0 Å². The first-order valence-electron chi connectivity index (χ1n) is 10.3. The number of nitriles is 2. The smallest absolute Gasteiger partial charge is 0.186 e. The van der Waals surface area contributed by atoms with Gasteiger partial charge in [0.15, 0.2) is 11.2 Å². The normalized spacial score (nSPS) is 25.3. The van der Waals surface area contributed by atoms with Crippen LogP contribution in [0.2, 0.25) is 0 Å². The molecule has 0 unspecified atom stereocenters. The van der Waals surface area contributed by atoms with Gasteiger partial charge in [-0.05, 0) is 51.9 Å². The van der Waals surface area contributed by atoms with Gasteiger partial charge in [0.2, 0.25) is 0 Å². The maximum atomic E-state index is 14.1. The lowest BCUT2D eigenvalue weighted by molar-refractivity contribution is 0.0842. The van der Waals surface area contributed by atoms with E-state index in [2.05, 4.69) is 40.8 Å². The highest BCUT2D eigenvalue weighted by Crippen LogP contribution is 2.56. The van der Waals surface area contributed by atoms with Gasteiger partial charge in [-0.1, -0.05) is 72.8 Å². The average Bonchev–Trinajstić information content (AvgIpc) is 3.15. The zero-order valence-electron chi connectivity index (χ0n) is 17.0. The number of rotatable bonds is 3. The maximum Gasteiger partial charge on any atom is 0.186 e. The number of halogens is 1. The van der Waals surface area contributed by atoms with Crippen LogP contribution in [0.4, 0.5) is 5.69 Å². The van der Waals surface area contributed by atoms with Crippen LogP contribution >= 0.6 is 22.6 Å². The summed E-state index contributed by atoms with van der Waals surface area (Å²) in [5.41, 5.74) is 1.72. The molecule has 0 spiro atoms. The highest BCUT2D eigenvalue weighted by molar-refractivity contribution is 14.1. The van der Waals surface area contributed by atoms with E-state index in [4.69, 9.17) is 0 Å². The molecule has 0 N–H and O–H groups in total. The van der Waals surface area contributed by atoms with E-state index in [1.54, 1.807) is 24.3 Å². The van der Waals surface area contributed by atoms with Crippen LogP contribution < -0.4 is 4.90 Å². The third kappa shape index (κ3) is 2.89. The van der Waals surface area contributed by atoms with Crippen LogP contribution in [-0.4, -0.2) is 17.9 Å². The number of ketones is 1. The average molecular weight is 527 g/mol. The topological polar surface area (TPSA) is 67.9 Å². The van der Waals surface area contributed by atoms with Gasteiger partial charge < -0.3 is 4.90 Å². The fraction of sp³-hybridized carbons (Fsp3) is 0.148. The lowest BCUT2D eigenvalue weighted by Crippen LogP contribution is -2.45. The van der Waals surface area contributed by atoms with Crippen molar-refractivity contribution >= 4 is 40.1 Å². The third-order valence-electron chi connectivity index (χ3n) is 6.49. The van der Waals surface area contributed by atoms with Crippen molar-refractivity contribution in [2.24, 2.45) is 5.41 Å². The number of fused-ring (bicyclic) bond motifs is 3. The molecule has 1 fully saturated rings. The minimum Gasteiger partial charge on any atom is -0.346 e. The SMILES string of the molecule is N#C[C@H]1[C@@H](c2ccccc2)[C@](C#N)(C(=O)c2ccccc2)[C@H]2C=Cc3cc(I)ccc3N12. The molecule has 2 heterocycles. The van der Waals surface area contributed by atoms with E-state index in [1.165, 1.54) is 0 Å². The molecule has 0 saturated carbocycles. The molecule has 0 bridgehead atoms. The predicted molar refractivity (Wildman–Crippen MR) is 132 cm³/mol. The molecule has 1 saturated heterocycles. The third-order valence-corrected chi connectivity index (χ3v) is 7.16. The van der Waals surface area contributed by atoms with Gasteiger partial charge in [0.05, 0.1) is 18.2 Å². The minimum atomic E-state index is -1.44. The number of anilines is 1. The van der Waals surface area contributed by atoms with Crippen molar-refractivity contribution in [1.29, 1.82) is 10.5 Å². The van der Waals surface area contributed by atoms with E-state index in [1.807, 2.05) is 65.6 Å². The standard InChI is InChI=1S/C27H18IN3O/c28-21-12-13-22-20(15-21)11-14-24-27(17-30,26(32)19-9-5-2-6-10-19)25(23(16-29)31(22)24)18-7-3-1-4-8-18/h1-15,23-25H/t23-,24+,25+,27+/m0/s1. The summed E-state index contributed by atoms with van der Waals surface area (Å²) >= 11 is 2.26. The molecule has 2 aliphatic heterocycles. The first-order valence-corrected chi connectivity index (χ1v) is 11.4. The van der Waals surface area contributed by atoms with Crippen LogP contribution in [0.1, 0.15) is 27.4 Å². The zero-order chi connectivity index (χ0) is 22.3. The van der Waals surface area contributed by atoms with Gasteiger partial charge in [-0.15, -0.1) is 0 Å². The molecular weight excluding hydrogens is 509 g/mol. The molecular formula is C27H18IN3O. The Bertz CT molecular complexity index is 1310. The summed E-state index contributed by atoms with van der Waals surface area (Å²) in [6, 6.07) is 28.2. The van der Waals surface area contributed by atoms with E-state index >= 15 is 0 Å². The van der Waals surface area contributed by atoms with Gasteiger partial charge >= 0.3 is 0 Å². The summed E-state index contributed by atoms with van der Waals surface area (Å²) in [4.78, 5) is 16.1. The van der Waals surface area contributed by atoms with Crippen LogP contribution in [0.15, 0.2) is 84.9 Å². The van der Waals surface area contributed by atoms with Crippen molar-refractivity contribution in [3.8, 4) is 12.1 Å². The monoisotopic (exact) mass is 527 g/mol. The fourth-order valence-corrected chi connectivity index (χ4v) is 5.67. The van der Waals surface area contributed by atoms with Gasteiger partial charge in [-0.25, -0.2) is 0 Å². The second-order valence-electron chi connectivity index (χ2n) is 8.05. The molecule has 4 atom stereocenters. The highest BCUT2D eigenvalue weighted by atomic mass is 127. The van der Waals surface area contributed by atoms with Crippen molar-refractivity contribution in [3.63, 3.8) is 0 Å². The predicted octanol–water partition coefficient (Wildman–Crippen LogP) is 5.58. The van der Waals surface area contributed by atoms with Crippen molar-refractivity contribution in [2.45, 2.75) is 18.0 Å². The summed E-state index contributed by atoms with van der Waals surface area (Å²) in [7, 11) is 0. The quantitative estimate of drug-likeness (QED) is 0.330. The molecule has 5 rings (SSSR count). The Hall–Kier alpha value is -3.42. The Morgan fingerprint density at radius 3 is 2.31 bits per heavy atom. The number of Topliss-reactive ketones (excluding diaryl/α,β-unsaturated/α-hetero) is 1. The van der Waals surface area contributed by atoms with Crippen molar-refractivity contribution in [3.05, 3.63) is 105 Å². The molecule has 0 aromatic heterocycles. The fourth-order valence-electron chi connectivity index (χ4n) is 5.15. The van der Waals surface area contributed by atoms with Crippen molar-refractivity contribution in [2.75, 3.05) is 4.90 Å². The highest BCUT2D eigenvalue weighted by Gasteiger charge is 2.64. The molecule has 154 valence electrons. The zero-order valence-corrected chi connectivity index (χ0v) is 19.2. The van der Waals surface area contributed by atoms with Crippen LogP contribution in [0.5, 0.6) is 0 Å². The molecule has 0 radical (unpaired) electrons. The van der Waals surface area contributed by atoms with Crippen molar-refractivity contribution < 1.29 is 4.79 Å². The van der Waals surface area contributed by atoms with E-state index < -0.39 is 23.4 Å². The molecule has 2 aliphatic rings. The molecule has 3 aromatic carbocycles. The Balaban J connectivity index is 1.79. The van der Waals surface area contributed by atoms with Gasteiger partial charge in [0, 0.05) is 20.7 Å². The Morgan fingerprint density at radius 2 is 1.66 bits per heavy atom. The van der Waals surface area contributed by atoms with Crippen LogP contribution in [0.3, 0.4) is 0 Å². The van der Waals surface area contributed by atoms with E-state index in [0.717, 1.165) is 20.4 Å². The molecule has 3 aromatic rings. The van der Waals surface area contributed by atoms with Gasteiger partial charge in [-0.2, -0.15) is 10.5 Å². The number of hydrogen-bond acceptors (Lipinski definition) is 4. The lowest BCUT2D eigenvalue weighted by atomic mass is 9.65. The summed E-state index contributed by atoms with van der Waals surface area (Å²) in [5, 5.41) is 21.0. The first kappa shape index (κ1) is 20.5. The molecule has 32 heavy (non-hydrogen) atoms. The summed E-state index contributed by atoms with van der Waals surface area (Å²) < 4.78 is 1.09. The molecule has 0 amide bonds. The van der Waals surface area contributed by atoms with E-state index in [9.17, 15) is 15.3 Å². The first-order chi connectivity index (χ1) is 15.6. The molecule has 4 nitrogen and oxygen atoms in total. The number of carbonyl (C=O) groups excluding carboxylic acids is 1. The number of carbonyl (C=O) groups is 1. The van der Waals surface area contributed by atoms with Gasteiger partial charge in [0.1, 0.15) is 6.04 Å². The largest absolute Gasteiger partial charge is 0.346 e. The Labute approximate surface area is 200 Å². The van der Waals surface area contributed by atoms with Gasteiger partial charge in [0.25, 0.3) is 0 Å². The van der Waals surface area contributed by atoms with Gasteiger partial charge in [-0.3, -0.25) is 4.79 Å². The second kappa shape index (κ2) is 7.93. The summed E-state index contributed by atoms with van der Waals surface area (Å²) in [5.74, 6) is -0.855. The molecule has 0 aliphatic carbocycles. The van der Waals surface area contributed by atoms with Crippen LogP contribution in [-0.2, 0) is 0 Å². The number of hydrogen-bond donors (Lipinski definition) is 0. The Kier molecular flexibility index (Phi) is 5.07. The summed E-state index contributed by atoms with van der Waals surface area (Å²) in [6.07, 6.45) is 3.90. The van der Waals surface area contributed by atoms with E-state index in [0.29, 0.717) is 5.56 Å². The summed E-state index contributed by atoms with van der Waals surface area (Å²) in [6.45, 7) is 0. The minimum absolute atomic E-state index is 0.249. The maximum absolute atomic E-state index is 14.1. The van der Waals surface area contributed by atoms with Crippen LogP contribution in [0.25, 0.3) is 6.08 Å². The van der Waals surface area contributed by atoms with Crippen LogP contribution in [0, 0.1) is 31.6 Å². The number of nitrogens with zero attached hydrogens (tertiary/aromatic N) is 3. The lowest BCUT2D eigenvalue weighted by Gasteiger charge is -2.36. The molecule has 5 heteroatoms. The Morgan fingerprint density at radius 1 is 0.969 bits per heavy atom. The number of benzene rings is 3.